The predicted molar refractivity (Wildman–Crippen MR) is 93.1 cm³/mol. The zero-order valence-electron chi connectivity index (χ0n) is 17.1. The Morgan fingerprint density at radius 1 is 0.600 bits per heavy atom. The summed E-state index contributed by atoms with van der Waals surface area (Å²) in [5, 5.41) is 0. The summed E-state index contributed by atoms with van der Waals surface area (Å²) in [7, 11) is -4.76. The molecule has 0 aromatic carbocycles. The minimum atomic E-state index is -4.76. The van der Waals surface area contributed by atoms with E-state index in [1.807, 2.05) is 0 Å². The van der Waals surface area contributed by atoms with E-state index in [9.17, 15) is 14.4 Å². The Morgan fingerprint density at radius 3 is 1.16 bits per heavy atom. The molecule has 0 aromatic rings. The predicted octanol–water partition coefficient (Wildman–Crippen LogP) is -0.899. The first kappa shape index (κ1) is 33.0. The van der Waals surface area contributed by atoms with Crippen LogP contribution >= 0.6 is 7.82 Å². The van der Waals surface area contributed by atoms with Crippen LogP contribution in [-0.4, -0.2) is 6.61 Å². The third-order valence-electron chi connectivity index (χ3n) is 4.25. The normalized spacial score (nSPS) is 11.0. The maximum Gasteiger partial charge on any atom is 1.00 e. The van der Waals surface area contributed by atoms with Gasteiger partial charge in [0, 0.05) is 0 Å². The molecule has 25 heavy (non-hydrogen) atoms. The second-order valence-electron chi connectivity index (χ2n) is 6.58. The number of hydrogen-bond acceptors (Lipinski definition) is 4. The fourth-order valence-electron chi connectivity index (χ4n) is 2.83. The summed E-state index contributed by atoms with van der Waals surface area (Å²) < 4.78 is 14.4. The molecule has 0 fully saturated rings. The Labute approximate surface area is 241 Å². The van der Waals surface area contributed by atoms with Gasteiger partial charge < -0.3 is 18.9 Å². The third-order valence-corrected chi connectivity index (χ3v) is 4.75. The summed E-state index contributed by atoms with van der Waals surface area (Å²) in [5.41, 5.74) is 0. The Hall–Kier alpha value is 3.38. The third kappa shape index (κ3) is 32.3. The van der Waals surface area contributed by atoms with Gasteiger partial charge in [-0.3, -0.25) is 0 Å². The molecular formula is C18H37K2O4P. The molecule has 0 N–H and O–H groups in total. The summed E-state index contributed by atoms with van der Waals surface area (Å²) in [4.78, 5) is 20.5. The fourth-order valence-corrected chi connectivity index (χ4v) is 3.18. The molecule has 0 unspecified atom stereocenters. The monoisotopic (exact) mass is 426 g/mol. The van der Waals surface area contributed by atoms with Crippen molar-refractivity contribution in [2.75, 3.05) is 6.61 Å². The molecule has 140 valence electrons. The molecule has 0 saturated heterocycles. The van der Waals surface area contributed by atoms with Crippen molar-refractivity contribution in [1.82, 2.24) is 0 Å². The molecule has 0 amide bonds. The van der Waals surface area contributed by atoms with Gasteiger partial charge in [-0.05, 0) is 6.42 Å². The van der Waals surface area contributed by atoms with Gasteiger partial charge in [0.05, 0.1) is 14.4 Å². The standard InChI is InChI=1S/C18H39O4P.2K/c1-2-3-4-5-6-7-8-9-10-11-12-13-14-15-16-17-18-22-23(19,20)21;;/h2-18H2,1H3,(H2,19,20,21);;/q;2*+1/p-2. The first-order chi connectivity index (χ1) is 11.1. The molecule has 0 aliphatic carbocycles. The van der Waals surface area contributed by atoms with Crippen molar-refractivity contribution in [2.24, 2.45) is 0 Å². The topological polar surface area (TPSA) is 72.4 Å². The quantitative estimate of drug-likeness (QED) is 0.162. The summed E-state index contributed by atoms with van der Waals surface area (Å²) in [6, 6.07) is 0. The van der Waals surface area contributed by atoms with Crippen molar-refractivity contribution < 1.29 is 122 Å². The number of phosphoric ester groups is 1. The molecule has 0 atom stereocenters. The maximum atomic E-state index is 10.2. The van der Waals surface area contributed by atoms with Crippen LogP contribution in [0.2, 0.25) is 0 Å². The zero-order valence-corrected chi connectivity index (χ0v) is 24.2. The number of unbranched alkanes of at least 4 members (excludes halogenated alkanes) is 15. The second kappa shape index (κ2) is 25.4. The number of hydrogen-bond donors (Lipinski definition) is 0. The van der Waals surface area contributed by atoms with Gasteiger partial charge >= 0.3 is 103 Å². The van der Waals surface area contributed by atoms with Crippen LogP contribution in [0.4, 0.5) is 0 Å². The van der Waals surface area contributed by atoms with E-state index in [1.165, 1.54) is 83.5 Å². The van der Waals surface area contributed by atoms with E-state index < -0.39 is 7.82 Å². The van der Waals surface area contributed by atoms with Gasteiger partial charge in [0.1, 0.15) is 0 Å². The molecule has 0 spiro atoms. The van der Waals surface area contributed by atoms with E-state index in [4.69, 9.17) is 0 Å². The smallest absolute Gasteiger partial charge is 0.790 e. The van der Waals surface area contributed by atoms with E-state index in [0.29, 0.717) is 6.42 Å². The van der Waals surface area contributed by atoms with E-state index in [1.54, 1.807) is 0 Å². The van der Waals surface area contributed by atoms with Crippen LogP contribution in [-0.2, 0) is 9.09 Å². The molecule has 0 radical (unpaired) electrons. The molecule has 0 aliphatic rings. The van der Waals surface area contributed by atoms with E-state index in [-0.39, 0.29) is 109 Å². The molecule has 0 aromatic heterocycles. The van der Waals surface area contributed by atoms with Crippen LogP contribution < -0.4 is 113 Å². The molecule has 0 heterocycles. The average molecular weight is 427 g/mol. The van der Waals surface area contributed by atoms with Gasteiger partial charge in [-0.15, -0.1) is 0 Å². The van der Waals surface area contributed by atoms with Gasteiger partial charge in [0.15, 0.2) is 0 Å². The van der Waals surface area contributed by atoms with Gasteiger partial charge in [-0.25, -0.2) is 0 Å². The van der Waals surface area contributed by atoms with Crippen molar-refractivity contribution in [3.8, 4) is 0 Å². The van der Waals surface area contributed by atoms with Gasteiger partial charge in [0.25, 0.3) is 0 Å². The van der Waals surface area contributed by atoms with Gasteiger partial charge in [-0.1, -0.05) is 103 Å². The van der Waals surface area contributed by atoms with Crippen molar-refractivity contribution in [2.45, 2.75) is 110 Å². The Morgan fingerprint density at radius 2 is 0.880 bits per heavy atom. The summed E-state index contributed by atoms with van der Waals surface area (Å²) in [6.07, 6.45) is 20.3. The molecular weight excluding hydrogens is 389 g/mol. The summed E-state index contributed by atoms with van der Waals surface area (Å²) in [6.45, 7) is 2.30. The first-order valence-electron chi connectivity index (χ1n) is 9.73. The number of phosphoric acid groups is 1. The minimum Gasteiger partial charge on any atom is -0.790 e. The Bertz CT molecular complexity index is 288. The minimum absolute atomic E-state index is 0. The van der Waals surface area contributed by atoms with Crippen molar-refractivity contribution in [1.29, 1.82) is 0 Å². The number of rotatable bonds is 18. The van der Waals surface area contributed by atoms with Gasteiger partial charge in [0.2, 0.25) is 0 Å². The van der Waals surface area contributed by atoms with Crippen molar-refractivity contribution in [3.63, 3.8) is 0 Å². The van der Waals surface area contributed by atoms with Gasteiger partial charge in [-0.2, -0.15) is 0 Å². The van der Waals surface area contributed by atoms with Crippen molar-refractivity contribution in [3.05, 3.63) is 0 Å². The van der Waals surface area contributed by atoms with Crippen LogP contribution in [0.15, 0.2) is 0 Å². The first-order valence-corrected chi connectivity index (χ1v) is 11.2. The van der Waals surface area contributed by atoms with E-state index in [0.717, 1.165) is 12.8 Å². The zero-order chi connectivity index (χ0) is 17.2. The second-order valence-corrected chi connectivity index (χ2v) is 7.74. The SMILES string of the molecule is CCCCCCCCCCCCCCCCCCOP(=O)([O-])[O-].[K+].[K+]. The largest absolute Gasteiger partial charge is 1.00 e. The molecule has 4 nitrogen and oxygen atoms in total. The van der Waals surface area contributed by atoms with E-state index >= 15 is 0 Å². The molecule has 7 heteroatoms. The molecule has 0 bridgehead atoms. The Kier molecular flexibility index (Phi) is 33.6. The molecule has 0 aliphatic heterocycles. The fraction of sp³-hybridized carbons (Fsp3) is 1.00. The van der Waals surface area contributed by atoms with Crippen LogP contribution in [0.5, 0.6) is 0 Å². The van der Waals surface area contributed by atoms with Crippen LogP contribution in [0.3, 0.4) is 0 Å². The Balaban J connectivity index is -0.00000242. The summed E-state index contributed by atoms with van der Waals surface area (Å²) >= 11 is 0. The van der Waals surface area contributed by atoms with Crippen LogP contribution in [0.1, 0.15) is 110 Å². The van der Waals surface area contributed by atoms with Crippen LogP contribution in [0, 0.1) is 0 Å². The molecule has 0 rings (SSSR count). The average Bonchev–Trinajstić information content (AvgIpc) is 2.49. The van der Waals surface area contributed by atoms with E-state index in [2.05, 4.69) is 11.4 Å². The van der Waals surface area contributed by atoms with Crippen molar-refractivity contribution >= 4 is 7.82 Å². The van der Waals surface area contributed by atoms with Crippen LogP contribution in [0.25, 0.3) is 0 Å². The summed E-state index contributed by atoms with van der Waals surface area (Å²) in [5.74, 6) is 0. The molecule has 0 saturated carbocycles. The maximum absolute atomic E-state index is 10.2.